The minimum absolute atomic E-state index is 0.171. The number of H-pyrrole nitrogens is 1. The molecule has 110 valence electrons. The predicted molar refractivity (Wildman–Crippen MR) is 81.9 cm³/mol. The van der Waals surface area contributed by atoms with E-state index in [0.29, 0.717) is 10.9 Å². The van der Waals surface area contributed by atoms with E-state index in [0.717, 1.165) is 11.3 Å². The van der Waals surface area contributed by atoms with Crippen molar-refractivity contribution in [3.05, 3.63) is 57.5 Å². The van der Waals surface area contributed by atoms with Crippen LogP contribution in [0.25, 0.3) is 0 Å². The van der Waals surface area contributed by atoms with Crippen LogP contribution in [-0.2, 0) is 5.75 Å². The van der Waals surface area contributed by atoms with E-state index in [4.69, 9.17) is 5.11 Å². The van der Waals surface area contributed by atoms with E-state index in [-0.39, 0.29) is 17.0 Å². The van der Waals surface area contributed by atoms with Gasteiger partial charge in [0.25, 0.3) is 5.56 Å². The lowest BCUT2D eigenvalue weighted by Crippen LogP contribution is -2.10. The number of aromatic amines is 1. The number of benzene rings is 1. The Kier molecular flexibility index (Phi) is 4.80. The smallest absolute Gasteiger partial charge is 0.335 e. The Morgan fingerprint density at radius 3 is 2.81 bits per heavy atom. The summed E-state index contributed by atoms with van der Waals surface area (Å²) in [5.74, 6) is -0.219. The van der Waals surface area contributed by atoms with Gasteiger partial charge in [-0.05, 0) is 23.6 Å². The van der Waals surface area contributed by atoms with Crippen LogP contribution >= 0.6 is 11.8 Å². The van der Waals surface area contributed by atoms with Crippen LogP contribution in [0.4, 0.5) is 0 Å². The van der Waals surface area contributed by atoms with Gasteiger partial charge < -0.3 is 10.1 Å². The number of nitrogens with one attached hydrogen (secondary N) is 1. The zero-order chi connectivity index (χ0) is 15.4. The second-order valence-corrected chi connectivity index (χ2v) is 5.89. The molecule has 0 saturated carbocycles. The molecule has 0 saturated heterocycles. The lowest BCUT2D eigenvalue weighted by atomic mass is 10.1. The van der Waals surface area contributed by atoms with Crippen molar-refractivity contribution in [2.24, 2.45) is 0 Å². The molecule has 1 aromatic carbocycles. The molecule has 0 aliphatic heterocycles. The molecule has 0 aliphatic rings. The molecule has 2 aromatic rings. The zero-order valence-corrected chi connectivity index (χ0v) is 12.6. The minimum Gasteiger partial charge on any atom is -0.478 e. The SMILES string of the molecule is CC(C)c1cc(=O)[nH]c(SCc2cccc(C(=O)O)c2)n1. The fourth-order valence-electron chi connectivity index (χ4n) is 1.76. The summed E-state index contributed by atoms with van der Waals surface area (Å²) in [7, 11) is 0. The van der Waals surface area contributed by atoms with Crippen molar-refractivity contribution in [2.45, 2.75) is 30.7 Å². The number of nitrogens with zero attached hydrogens (tertiary/aromatic N) is 1. The molecule has 0 unspecified atom stereocenters. The lowest BCUT2D eigenvalue weighted by Gasteiger charge is -2.07. The number of aromatic nitrogens is 2. The van der Waals surface area contributed by atoms with Crippen LogP contribution in [0, 0.1) is 0 Å². The second-order valence-electron chi connectivity index (χ2n) is 4.92. The highest BCUT2D eigenvalue weighted by Gasteiger charge is 2.07. The summed E-state index contributed by atoms with van der Waals surface area (Å²) < 4.78 is 0. The van der Waals surface area contributed by atoms with Gasteiger partial charge in [-0.15, -0.1) is 0 Å². The monoisotopic (exact) mass is 304 g/mol. The topological polar surface area (TPSA) is 83.0 Å². The fraction of sp³-hybridized carbons (Fsp3) is 0.267. The molecule has 0 bridgehead atoms. The molecule has 6 heteroatoms. The maximum Gasteiger partial charge on any atom is 0.335 e. The van der Waals surface area contributed by atoms with Gasteiger partial charge in [-0.1, -0.05) is 37.7 Å². The third kappa shape index (κ3) is 4.19. The van der Waals surface area contributed by atoms with E-state index in [1.807, 2.05) is 19.9 Å². The Bertz CT molecular complexity index is 710. The van der Waals surface area contributed by atoms with E-state index < -0.39 is 5.97 Å². The lowest BCUT2D eigenvalue weighted by molar-refractivity contribution is 0.0697. The Balaban J connectivity index is 2.14. The summed E-state index contributed by atoms with van der Waals surface area (Å²) in [4.78, 5) is 29.6. The average molecular weight is 304 g/mol. The van der Waals surface area contributed by atoms with Gasteiger partial charge in [0.15, 0.2) is 5.16 Å². The van der Waals surface area contributed by atoms with Gasteiger partial charge in [-0.25, -0.2) is 9.78 Å². The van der Waals surface area contributed by atoms with E-state index in [2.05, 4.69) is 9.97 Å². The van der Waals surface area contributed by atoms with Crippen LogP contribution in [0.2, 0.25) is 0 Å². The molecule has 0 amide bonds. The largest absolute Gasteiger partial charge is 0.478 e. The molecule has 0 aliphatic carbocycles. The molecule has 0 spiro atoms. The molecule has 5 nitrogen and oxygen atoms in total. The van der Waals surface area contributed by atoms with Crippen molar-refractivity contribution in [1.82, 2.24) is 9.97 Å². The predicted octanol–water partition coefficient (Wildman–Crippen LogP) is 2.88. The van der Waals surface area contributed by atoms with Gasteiger partial charge in [0, 0.05) is 11.8 Å². The first kappa shape index (κ1) is 15.3. The summed E-state index contributed by atoms with van der Waals surface area (Å²) in [6.45, 7) is 3.96. The standard InChI is InChI=1S/C15H16N2O3S/c1-9(2)12-7-13(18)17-15(16-12)21-8-10-4-3-5-11(6-10)14(19)20/h3-7,9H,8H2,1-2H3,(H,19,20)(H,16,17,18). The number of carboxylic acids is 1. The highest BCUT2D eigenvalue weighted by molar-refractivity contribution is 7.98. The van der Waals surface area contributed by atoms with E-state index in [1.165, 1.54) is 17.8 Å². The Morgan fingerprint density at radius 2 is 2.14 bits per heavy atom. The van der Waals surface area contributed by atoms with Crippen LogP contribution in [0.3, 0.4) is 0 Å². The van der Waals surface area contributed by atoms with Crippen molar-refractivity contribution in [3.63, 3.8) is 0 Å². The first-order valence-electron chi connectivity index (χ1n) is 6.52. The molecule has 2 rings (SSSR count). The van der Waals surface area contributed by atoms with Crippen molar-refractivity contribution >= 4 is 17.7 Å². The van der Waals surface area contributed by atoms with E-state index >= 15 is 0 Å². The van der Waals surface area contributed by atoms with Crippen LogP contribution in [0.5, 0.6) is 0 Å². The summed E-state index contributed by atoms with van der Waals surface area (Å²) in [6, 6.07) is 8.24. The van der Waals surface area contributed by atoms with Gasteiger partial charge in [0.05, 0.1) is 11.3 Å². The van der Waals surface area contributed by atoms with Crippen LogP contribution < -0.4 is 5.56 Å². The van der Waals surface area contributed by atoms with Crippen molar-refractivity contribution in [2.75, 3.05) is 0 Å². The van der Waals surface area contributed by atoms with Gasteiger partial charge in [0.2, 0.25) is 0 Å². The first-order valence-corrected chi connectivity index (χ1v) is 7.50. The maximum atomic E-state index is 11.6. The molecule has 0 atom stereocenters. The first-order chi connectivity index (χ1) is 9.95. The van der Waals surface area contributed by atoms with Gasteiger partial charge >= 0.3 is 5.97 Å². The number of hydrogen-bond donors (Lipinski definition) is 2. The summed E-state index contributed by atoms with van der Waals surface area (Å²) in [6.07, 6.45) is 0. The molecule has 21 heavy (non-hydrogen) atoms. The van der Waals surface area contributed by atoms with Crippen LogP contribution in [0.15, 0.2) is 40.3 Å². The number of rotatable bonds is 5. The number of thioether (sulfide) groups is 1. The highest BCUT2D eigenvalue weighted by Crippen LogP contribution is 2.20. The summed E-state index contributed by atoms with van der Waals surface area (Å²) >= 11 is 1.38. The Morgan fingerprint density at radius 1 is 1.38 bits per heavy atom. The van der Waals surface area contributed by atoms with E-state index in [9.17, 15) is 9.59 Å². The third-order valence-corrected chi connectivity index (χ3v) is 3.83. The molecule has 2 N–H and O–H groups in total. The number of hydrogen-bond acceptors (Lipinski definition) is 4. The Hall–Kier alpha value is -2.08. The number of carbonyl (C=O) groups is 1. The molecule has 1 aromatic heterocycles. The third-order valence-electron chi connectivity index (χ3n) is 2.88. The second kappa shape index (κ2) is 6.58. The van der Waals surface area contributed by atoms with Gasteiger partial charge in [0.1, 0.15) is 0 Å². The molecular weight excluding hydrogens is 288 g/mol. The molecule has 0 fully saturated rings. The minimum atomic E-state index is -0.949. The normalized spacial score (nSPS) is 10.8. The van der Waals surface area contributed by atoms with E-state index in [1.54, 1.807) is 18.2 Å². The van der Waals surface area contributed by atoms with Crippen LogP contribution in [0.1, 0.15) is 41.4 Å². The van der Waals surface area contributed by atoms with Crippen LogP contribution in [-0.4, -0.2) is 21.0 Å². The molecule has 1 heterocycles. The highest BCUT2D eigenvalue weighted by atomic mass is 32.2. The molecule has 0 radical (unpaired) electrons. The van der Waals surface area contributed by atoms with Crippen molar-refractivity contribution < 1.29 is 9.90 Å². The zero-order valence-electron chi connectivity index (χ0n) is 11.8. The fourth-order valence-corrected chi connectivity index (χ4v) is 2.59. The Labute approximate surface area is 126 Å². The molecular formula is C15H16N2O3S. The quantitative estimate of drug-likeness (QED) is 0.655. The van der Waals surface area contributed by atoms with Crippen molar-refractivity contribution in [1.29, 1.82) is 0 Å². The summed E-state index contributed by atoms with van der Waals surface area (Å²) in [5.41, 5.74) is 1.71. The van der Waals surface area contributed by atoms with Gasteiger partial charge in [-0.2, -0.15) is 0 Å². The van der Waals surface area contributed by atoms with Crippen molar-refractivity contribution in [3.8, 4) is 0 Å². The number of aromatic carboxylic acids is 1. The average Bonchev–Trinajstić information content (AvgIpc) is 2.45. The van der Waals surface area contributed by atoms with Gasteiger partial charge in [-0.3, -0.25) is 4.79 Å². The maximum absolute atomic E-state index is 11.6. The summed E-state index contributed by atoms with van der Waals surface area (Å²) in [5, 5.41) is 9.51. The number of carboxylic acid groups (broad SMARTS) is 1.